The van der Waals surface area contributed by atoms with E-state index in [0.29, 0.717) is 44.8 Å². The van der Waals surface area contributed by atoms with Gasteiger partial charge in [-0.25, -0.2) is 9.59 Å². The highest BCUT2D eigenvalue weighted by Crippen LogP contribution is 2.41. The average molecular weight is 743 g/mol. The summed E-state index contributed by atoms with van der Waals surface area (Å²) in [6, 6.07) is 15.8. The van der Waals surface area contributed by atoms with E-state index in [1.165, 1.54) is 26.6 Å². The molecule has 1 aliphatic heterocycles. The molecule has 266 valence electrons. The number of carbonyl (C=O) groups excluding carboxylic acids is 1. The van der Waals surface area contributed by atoms with E-state index in [2.05, 4.69) is 17.1 Å². The van der Waals surface area contributed by atoms with Crippen molar-refractivity contribution in [1.29, 1.82) is 0 Å². The number of nitrogens with one attached hydrogen (secondary N) is 1. The lowest BCUT2D eigenvalue weighted by Gasteiger charge is -2.31. The fourth-order valence-corrected chi connectivity index (χ4v) is 7.92. The number of ether oxygens (including phenoxy) is 3. The molecular formula is C37H41Cl2N3O7S. The SMILES string of the molecule is CCN1CCC(COC(=O)C(NCc2cc([C@@H](Cc3c(Cl)c[n+]([O-])cc3Cl)c3ccc(OC)c(OC)c3)c(C(=O)O)s2)c2ccccc2)CC1. The van der Waals surface area contributed by atoms with Crippen LogP contribution >= 0.6 is 34.5 Å². The van der Waals surface area contributed by atoms with Gasteiger partial charge in [0.15, 0.2) is 23.9 Å². The lowest BCUT2D eigenvalue weighted by Crippen LogP contribution is -2.36. The van der Waals surface area contributed by atoms with E-state index >= 15 is 0 Å². The number of piperidine rings is 1. The number of carbonyl (C=O) groups is 2. The number of hydrogen-bond acceptors (Lipinski definition) is 9. The second-order valence-corrected chi connectivity index (χ2v) is 14.1. The first-order valence-corrected chi connectivity index (χ1v) is 18.0. The largest absolute Gasteiger partial charge is 0.619 e. The molecule has 5 rings (SSSR count). The molecule has 13 heteroatoms. The first-order chi connectivity index (χ1) is 24.1. The van der Waals surface area contributed by atoms with E-state index in [1.54, 1.807) is 12.1 Å². The number of aromatic nitrogens is 1. The van der Waals surface area contributed by atoms with E-state index in [1.807, 2.05) is 42.5 Å². The quantitative estimate of drug-likeness (QED) is 0.0762. The van der Waals surface area contributed by atoms with Crippen LogP contribution in [0.2, 0.25) is 10.0 Å². The highest BCUT2D eigenvalue weighted by atomic mass is 35.5. The van der Waals surface area contributed by atoms with Crippen LogP contribution in [0.15, 0.2) is 67.0 Å². The summed E-state index contributed by atoms with van der Waals surface area (Å²) in [6.07, 6.45) is 4.59. The Morgan fingerprint density at radius 2 is 1.70 bits per heavy atom. The number of nitrogens with zero attached hydrogens (tertiary/aromatic N) is 2. The fourth-order valence-electron chi connectivity index (χ4n) is 6.32. The van der Waals surface area contributed by atoms with Gasteiger partial charge in [-0.3, -0.25) is 5.32 Å². The predicted molar refractivity (Wildman–Crippen MR) is 194 cm³/mol. The van der Waals surface area contributed by atoms with Crippen LogP contribution in [-0.2, 0) is 22.5 Å². The summed E-state index contributed by atoms with van der Waals surface area (Å²) in [6.45, 7) is 5.73. The topological polar surface area (TPSA) is 124 Å². The number of carboxylic acid groups (broad SMARTS) is 1. The zero-order chi connectivity index (χ0) is 35.8. The minimum Gasteiger partial charge on any atom is -0.619 e. The van der Waals surface area contributed by atoms with Gasteiger partial charge in [0.2, 0.25) is 0 Å². The lowest BCUT2D eigenvalue weighted by molar-refractivity contribution is -0.605. The maximum Gasteiger partial charge on any atom is 0.346 e. The molecule has 0 spiro atoms. The number of methoxy groups -OCH3 is 2. The molecule has 2 aromatic heterocycles. The maximum atomic E-state index is 13.5. The van der Waals surface area contributed by atoms with E-state index in [4.69, 9.17) is 37.4 Å². The minimum absolute atomic E-state index is 0.126. The van der Waals surface area contributed by atoms with Crippen molar-refractivity contribution in [2.24, 2.45) is 5.92 Å². The number of benzene rings is 2. The summed E-state index contributed by atoms with van der Waals surface area (Å²) < 4.78 is 17.4. The Kier molecular flexibility index (Phi) is 13.0. The molecule has 0 aliphatic carbocycles. The third kappa shape index (κ3) is 9.07. The summed E-state index contributed by atoms with van der Waals surface area (Å²) in [7, 11) is 3.06. The fraction of sp³-hybridized carbons (Fsp3) is 0.378. The van der Waals surface area contributed by atoms with Crippen LogP contribution in [0.5, 0.6) is 11.5 Å². The van der Waals surface area contributed by atoms with Crippen LogP contribution in [-0.4, -0.2) is 62.4 Å². The Morgan fingerprint density at radius 3 is 2.32 bits per heavy atom. The number of rotatable bonds is 15. The molecule has 1 unspecified atom stereocenters. The van der Waals surface area contributed by atoms with Crippen molar-refractivity contribution in [3.8, 4) is 11.5 Å². The molecule has 2 atom stereocenters. The van der Waals surface area contributed by atoms with E-state index in [0.717, 1.165) is 54.9 Å². The Labute approximate surface area is 306 Å². The molecule has 50 heavy (non-hydrogen) atoms. The molecule has 0 amide bonds. The van der Waals surface area contributed by atoms with Gasteiger partial charge in [0.05, 0.1) is 20.8 Å². The second-order valence-electron chi connectivity index (χ2n) is 12.2. The number of pyridine rings is 1. The minimum atomic E-state index is -1.10. The Balaban J connectivity index is 1.44. The van der Waals surface area contributed by atoms with Crippen molar-refractivity contribution in [2.75, 3.05) is 40.5 Å². The van der Waals surface area contributed by atoms with Gasteiger partial charge in [0, 0.05) is 22.9 Å². The molecule has 2 N–H and O–H groups in total. The van der Waals surface area contributed by atoms with Crippen LogP contribution in [0.25, 0.3) is 0 Å². The molecule has 3 heterocycles. The molecule has 1 fully saturated rings. The number of halogens is 2. The highest BCUT2D eigenvalue weighted by molar-refractivity contribution is 7.14. The van der Waals surface area contributed by atoms with E-state index in [-0.39, 0.29) is 33.9 Å². The third-order valence-electron chi connectivity index (χ3n) is 9.12. The number of aromatic carboxylic acids is 1. The summed E-state index contributed by atoms with van der Waals surface area (Å²) in [5.74, 6) is -0.745. The van der Waals surface area contributed by atoms with Gasteiger partial charge in [-0.05, 0) is 79.7 Å². The van der Waals surface area contributed by atoms with Gasteiger partial charge in [-0.2, -0.15) is 4.73 Å². The molecule has 0 saturated carbocycles. The monoisotopic (exact) mass is 741 g/mol. The van der Waals surface area contributed by atoms with E-state index in [9.17, 15) is 19.9 Å². The number of likely N-dealkylation sites (tertiary alicyclic amines) is 1. The standard InChI is InChI=1S/C37H41Cl2N3O7S/c1-4-41-14-12-23(13-15-41)22-49-37(45)34(24-8-6-5-7-9-24)40-19-26-17-28(35(50-26)36(43)44)27(18-29-30(38)20-42(46)21-31(29)39)25-10-11-32(47-2)33(16-25)48-3/h5-11,16-17,20-21,23,27,34,40H,4,12-15,18-19,22H2,1-3H3,(H,43,44)/t27-,34?/m0/s1. The van der Waals surface area contributed by atoms with Gasteiger partial charge < -0.3 is 29.4 Å². The first kappa shape index (κ1) is 37.4. The average Bonchev–Trinajstić information content (AvgIpc) is 3.55. The normalized spacial score (nSPS) is 15.0. The van der Waals surface area contributed by atoms with Gasteiger partial charge in [0.1, 0.15) is 21.0 Å². The summed E-state index contributed by atoms with van der Waals surface area (Å²) in [4.78, 5) is 29.5. The zero-order valence-corrected chi connectivity index (χ0v) is 30.5. The van der Waals surface area contributed by atoms with Crippen molar-refractivity contribution in [1.82, 2.24) is 10.2 Å². The second kappa shape index (κ2) is 17.4. The predicted octanol–water partition coefficient (Wildman–Crippen LogP) is 6.88. The maximum absolute atomic E-state index is 13.5. The molecule has 10 nitrogen and oxygen atoms in total. The van der Waals surface area contributed by atoms with Crippen molar-refractivity contribution in [2.45, 2.75) is 44.7 Å². The first-order valence-electron chi connectivity index (χ1n) is 16.4. The Morgan fingerprint density at radius 1 is 1.02 bits per heavy atom. The molecule has 1 aliphatic rings. The summed E-state index contributed by atoms with van der Waals surface area (Å²) >= 11 is 14.1. The van der Waals surface area contributed by atoms with E-state index < -0.39 is 17.9 Å². The molecule has 2 aromatic carbocycles. The molecular weight excluding hydrogens is 701 g/mol. The van der Waals surface area contributed by atoms with Crippen LogP contribution in [0, 0.1) is 11.1 Å². The van der Waals surface area contributed by atoms with Crippen molar-refractivity contribution >= 4 is 46.5 Å². The molecule has 0 radical (unpaired) electrons. The van der Waals surface area contributed by atoms with Crippen molar-refractivity contribution in [3.63, 3.8) is 0 Å². The Hall–Kier alpha value is -3.87. The van der Waals surface area contributed by atoms with Crippen LogP contribution in [0.1, 0.15) is 68.5 Å². The Bertz CT molecular complexity index is 1760. The van der Waals surface area contributed by atoms with Crippen LogP contribution < -0.4 is 19.5 Å². The summed E-state index contributed by atoms with van der Waals surface area (Å²) in [5, 5.41) is 26.1. The van der Waals surface area contributed by atoms with Crippen LogP contribution in [0.4, 0.5) is 0 Å². The number of esters is 1. The highest BCUT2D eigenvalue weighted by Gasteiger charge is 2.29. The number of thiophene rings is 1. The van der Waals surface area contributed by atoms with Gasteiger partial charge in [0.25, 0.3) is 0 Å². The molecule has 4 aromatic rings. The molecule has 1 saturated heterocycles. The lowest BCUT2D eigenvalue weighted by atomic mass is 9.85. The van der Waals surface area contributed by atoms with Crippen LogP contribution in [0.3, 0.4) is 0 Å². The van der Waals surface area contributed by atoms with Crippen molar-refractivity contribution in [3.05, 3.63) is 114 Å². The van der Waals surface area contributed by atoms with Gasteiger partial charge in [-0.1, -0.05) is 66.5 Å². The number of carboxylic acids is 1. The van der Waals surface area contributed by atoms with Gasteiger partial charge in [-0.15, -0.1) is 11.3 Å². The number of hydrogen-bond donors (Lipinski definition) is 2. The summed E-state index contributed by atoms with van der Waals surface area (Å²) in [5.41, 5.74) is 2.49. The molecule has 0 bridgehead atoms. The smallest absolute Gasteiger partial charge is 0.346 e. The van der Waals surface area contributed by atoms with Gasteiger partial charge >= 0.3 is 11.9 Å². The third-order valence-corrected chi connectivity index (χ3v) is 10.9. The zero-order valence-electron chi connectivity index (χ0n) is 28.2. The van der Waals surface area contributed by atoms with Crippen molar-refractivity contribution < 1.29 is 33.6 Å².